The smallest absolute Gasteiger partial charge is 0.244 e. The van der Waals surface area contributed by atoms with Gasteiger partial charge in [0.05, 0.1) is 23.3 Å². The topological polar surface area (TPSA) is 62.5 Å². The van der Waals surface area contributed by atoms with E-state index in [4.69, 9.17) is 16.1 Å². The number of carbonyl (C=O) groups is 1. The molecule has 0 N–H and O–H groups in total. The van der Waals surface area contributed by atoms with E-state index < -0.39 is 0 Å². The molecule has 6 nitrogen and oxygen atoms in total. The van der Waals surface area contributed by atoms with Gasteiger partial charge < -0.3 is 9.42 Å². The second-order valence-corrected chi connectivity index (χ2v) is 6.03. The largest absolute Gasteiger partial charge is 0.338 e. The van der Waals surface area contributed by atoms with Crippen molar-refractivity contribution >= 4 is 23.2 Å². The van der Waals surface area contributed by atoms with E-state index in [9.17, 15) is 4.79 Å². The Balaban J connectivity index is 1.70. The highest BCUT2D eigenvalue weighted by Crippen LogP contribution is 2.30. The molecule has 1 amide bonds. The highest BCUT2D eigenvalue weighted by atomic mass is 35.5. The van der Waals surface area contributed by atoms with E-state index >= 15 is 0 Å². The third-order valence-electron chi connectivity index (χ3n) is 4.06. The SMILES string of the molecule is CCc1noc(CN(C)[C@H]2CCN(c3ccccc3Cl)C2=O)n1. The number of amides is 1. The molecule has 1 aromatic carbocycles. The first-order chi connectivity index (χ1) is 11.1. The van der Waals surface area contributed by atoms with Crippen LogP contribution in [0.2, 0.25) is 5.02 Å². The lowest BCUT2D eigenvalue weighted by Crippen LogP contribution is -2.39. The summed E-state index contributed by atoms with van der Waals surface area (Å²) in [6.07, 6.45) is 1.48. The number of rotatable bonds is 5. The Kier molecular flexibility index (Phi) is 4.63. The summed E-state index contributed by atoms with van der Waals surface area (Å²) < 4.78 is 5.20. The van der Waals surface area contributed by atoms with Gasteiger partial charge in [-0.25, -0.2) is 0 Å². The molecule has 2 heterocycles. The van der Waals surface area contributed by atoms with Crippen LogP contribution in [0, 0.1) is 0 Å². The Hall–Kier alpha value is -1.92. The third kappa shape index (κ3) is 3.23. The van der Waals surface area contributed by atoms with Gasteiger partial charge in [-0.05, 0) is 25.6 Å². The van der Waals surface area contributed by atoms with Crippen molar-refractivity contribution in [2.45, 2.75) is 32.4 Å². The van der Waals surface area contributed by atoms with Gasteiger partial charge in [-0.15, -0.1) is 0 Å². The van der Waals surface area contributed by atoms with Gasteiger partial charge in [-0.3, -0.25) is 9.69 Å². The molecule has 3 rings (SSSR count). The Labute approximate surface area is 140 Å². The van der Waals surface area contributed by atoms with E-state index in [1.165, 1.54) is 0 Å². The molecule has 0 spiro atoms. The number of nitrogens with zero attached hydrogens (tertiary/aromatic N) is 4. The number of halogens is 1. The highest BCUT2D eigenvalue weighted by Gasteiger charge is 2.36. The molecule has 1 saturated heterocycles. The van der Waals surface area contributed by atoms with Gasteiger partial charge in [0.25, 0.3) is 0 Å². The van der Waals surface area contributed by atoms with Crippen molar-refractivity contribution < 1.29 is 9.32 Å². The zero-order valence-corrected chi connectivity index (χ0v) is 14.0. The molecule has 0 radical (unpaired) electrons. The van der Waals surface area contributed by atoms with Crippen LogP contribution < -0.4 is 4.90 Å². The number of aryl methyl sites for hydroxylation is 1. The average molecular weight is 335 g/mol. The third-order valence-corrected chi connectivity index (χ3v) is 4.38. The van der Waals surface area contributed by atoms with Crippen molar-refractivity contribution in [2.75, 3.05) is 18.5 Å². The minimum Gasteiger partial charge on any atom is -0.338 e. The number of hydrogen-bond donors (Lipinski definition) is 0. The highest BCUT2D eigenvalue weighted by molar-refractivity contribution is 6.33. The van der Waals surface area contributed by atoms with E-state index in [-0.39, 0.29) is 11.9 Å². The summed E-state index contributed by atoms with van der Waals surface area (Å²) in [6.45, 7) is 3.09. The Morgan fingerprint density at radius 2 is 2.22 bits per heavy atom. The molecule has 0 unspecified atom stereocenters. The van der Waals surface area contributed by atoms with Gasteiger partial charge in [-0.1, -0.05) is 35.8 Å². The lowest BCUT2D eigenvalue weighted by atomic mass is 10.2. The molecule has 0 bridgehead atoms. The minimum atomic E-state index is -0.205. The fourth-order valence-electron chi connectivity index (χ4n) is 2.81. The summed E-state index contributed by atoms with van der Waals surface area (Å²) >= 11 is 6.20. The zero-order valence-electron chi connectivity index (χ0n) is 13.2. The van der Waals surface area contributed by atoms with Crippen LogP contribution in [0.4, 0.5) is 5.69 Å². The maximum atomic E-state index is 12.7. The van der Waals surface area contributed by atoms with E-state index in [1.807, 2.05) is 37.1 Å². The summed E-state index contributed by atoms with van der Waals surface area (Å²) in [4.78, 5) is 20.7. The second kappa shape index (κ2) is 6.68. The van der Waals surface area contributed by atoms with E-state index in [0.717, 1.165) is 18.5 Å². The van der Waals surface area contributed by atoms with E-state index in [2.05, 4.69) is 10.1 Å². The molecule has 2 aromatic rings. The number of para-hydroxylation sites is 1. The van der Waals surface area contributed by atoms with Crippen molar-refractivity contribution in [3.05, 3.63) is 41.0 Å². The van der Waals surface area contributed by atoms with Crippen LogP contribution in [0.25, 0.3) is 0 Å². The van der Waals surface area contributed by atoms with Crippen molar-refractivity contribution in [1.82, 2.24) is 15.0 Å². The number of aromatic nitrogens is 2. The molecule has 7 heteroatoms. The monoisotopic (exact) mass is 334 g/mol. The fourth-order valence-corrected chi connectivity index (χ4v) is 3.04. The van der Waals surface area contributed by atoms with Crippen LogP contribution in [-0.4, -0.2) is 40.6 Å². The first-order valence-corrected chi connectivity index (χ1v) is 8.05. The van der Waals surface area contributed by atoms with Crippen molar-refractivity contribution in [2.24, 2.45) is 0 Å². The maximum Gasteiger partial charge on any atom is 0.244 e. The van der Waals surface area contributed by atoms with Crippen molar-refractivity contribution in [3.63, 3.8) is 0 Å². The van der Waals surface area contributed by atoms with Crippen LogP contribution in [0.15, 0.2) is 28.8 Å². The van der Waals surface area contributed by atoms with Crippen LogP contribution in [-0.2, 0) is 17.8 Å². The number of likely N-dealkylation sites (N-methyl/N-ethyl adjacent to an activating group) is 1. The first-order valence-electron chi connectivity index (χ1n) is 7.67. The molecule has 1 aromatic heterocycles. The number of hydrogen-bond acceptors (Lipinski definition) is 5. The summed E-state index contributed by atoms with van der Waals surface area (Å²) in [5.74, 6) is 1.27. The molecule has 1 fully saturated rings. The maximum absolute atomic E-state index is 12.7. The minimum absolute atomic E-state index is 0.0517. The molecule has 23 heavy (non-hydrogen) atoms. The quantitative estimate of drug-likeness (QED) is 0.840. The predicted octanol–water partition coefficient (Wildman–Crippen LogP) is 2.52. The van der Waals surface area contributed by atoms with Crippen molar-refractivity contribution in [1.29, 1.82) is 0 Å². The predicted molar refractivity (Wildman–Crippen MR) is 87.4 cm³/mol. The van der Waals surface area contributed by atoms with Crippen LogP contribution in [0.1, 0.15) is 25.1 Å². The van der Waals surface area contributed by atoms with Crippen LogP contribution in [0.3, 0.4) is 0 Å². The summed E-state index contributed by atoms with van der Waals surface area (Å²) in [5, 5.41) is 4.47. The fraction of sp³-hybridized carbons (Fsp3) is 0.438. The van der Waals surface area contributed by atoms with E-state index in [0.29, 0.717) is 29.8 Å². The normalized spacial score (nSPS) is 18.2. The standard InChI is InChI=1S/C16H19ClN4O2/c1-3-14-18-15(23-19-14)10-20(2)13-8-9-21(16(13)22)12-7-5-4-6-11(12)17/h4-7,13H,3,8-10H2,1-2H3/t13-/m0/s1. The number of anilines is 1. The first kappa shape index (κ1) is 16.0. The Bertz CT molecular complexity index is 703. The lowest BCUT2D eigenvalue weighted by molar-refractivity contribution is -0.121. The van der Waals surface area contributed by atoms with Gasteiger partial charge in [0, 0.05) is 13.0 Å². The van der Waals surface area contributed by atoms with Gasteiger partial charge in [0.15, 0.2) is 5.82 Å². The van der Waals surface area contributed by atoms with Gasteiger partial charge in [-0.2, -0.15) is 4.98 Å². The summed E-state index contributed by atoms with van der Waals surface area (Å²) in [7, 11) is 1.90. The molecular weight excluding hydrogens is 316 g/mol. The van der Waals surface area contributed by atoms with Gasteiger partial charge in [0.2, 0.25) is 11.8 Å². The Morgan fingerprint density at radius 3 is 2.91 bits per heavy atom. The lowest BCUT2D eigenvalue weighted by Gasteiger charge is -2.22. The van der Waals surface area contributed by atoms with Gasteiger partial charge >= 0.3 is 0 Å². The van der Waals surface area contributed by atoms with E-state index in [1.54, 1.807) is 11.0 Å². The molecule has 1 aliphatic heterocycles. The molecule has 1 aliphatic rings. The molecule has 0 saturated carbocycles. The number of benzene rings is 1. The van der Waals surface area contributed by atoms with Crippen LogP contribution in [0.5, 0.6) is 0 Å². The van der Waals surface area contributed by atoms with Crippen molar-refractivity contribution in [3.8, 4) is 0 Å². The number of carbonyl (C=O) groups excluding carboxylic acids is 1. The molecule has 0 aliphatic carbocycles. The summed E-state index contributed by atoms with van der Waals surface area (Å²) in [5.41, 5.74) is 0.765. The molecular formula is C16H19ClN4O2. The van der Waals surface area contributed by atoms with Crippen LogP contribution >= 0.6 is 11.6 Å². The van der Waals surface area contributed by atoms with Gasteiger partial charge in [0.1, 0.15) is 0 Å². The zero-order chi connectivity index (χ0) is 16.4. The summed E-state index contributed by atoms with van der Waals surface area (Å²) in [6, 6.07) is 7.20. The Morgan fingerprint density at radius 1 is 1.43 bits per heavy atom. The molecule has 122 valence electrons. The second-order valence-electron chi connectivity index (χ2n) is 5.62. The average Bonchev–Trinajstić information content (AvgIpc) is 3.14. The molecule has 1 atom stereocenters.